The van der Waals surface area contributed by atoms with E-state index in [9.17, 15) is 5.11 Å². The van der Waals surface area contributed by atoms with Gasteiger partial charge in [0.05, 0.1) is 13.2 Å². The highest BCUT2D eigenvalue weighted by molar-refractivity contribution is 8.93. The first-order chi connectivity index (χ1) is 5.38. The number of phenolic OH excluding ortho intramolecular Hbond substituents is 1. The van der Waals surface area contributed by atoms with Crippen molar-refractivity contribution in [3.63, 3.8) is 0 Å². The SMILES string of the molecule is Br.Br.Oc1cccc2c1CCOC2. The first kappa shape index (κ1) is 12.9. The fourth-order valence-corrected chi connectivity index (χ4v) is 1.40. The van der Waals surface area contributed by atoms with E-state index in [1.54, 1.807) is 6.07 Å². The van der Waals surface area contributed by atoms with Crippen molar-refractivity contribution in [2.75, 3.05) is 6.61 Å². The minimum absolute atomic E-state index is 0. The summed E-state index contributed by atoms with van der Waals surface area (Å²) in [6, 6.07) is 5.57. The van der Waals surface area contributed by atoms with E-state index in [1.165, 1.54) is 0 Å². The Kier molecular flexibility index (Phi) is 5.60. The summed E-state index contributed by atoms with van der Waals surface area (Å²) in [6.45, 7) is 1.37. The van der Waals surface area contributed by atoms with Gasteiger partial charge in [-0.3, -0.25) is 0 Å². The van der Waals surface area contributed by atoms with Crippen LogP contribution in [-0.2, 0) is 17.8 Å². The minimum atomic E-state index is 0. The van der Waals surface area contributed by atoms with E-state index in [2.05, 4.69) is 0 Å². The van der Waals surface area contributed by atoms with Gasteiger partial charge in [0, 0.05) is 5.56 Å². The number of hydrogen-bond acceptors (Lipinski definition) is 2. The predicted molar refractivity (Wildman–Crippen MR) is 62.1 cm³/mol. The minimum Gasteiger partial charge on any atom is -0.508 e. The molecule has 0 radical (unpaired) electrons. The van der Waals surface area contributed by atoms with Crippen LogP contribution in [0.5, 0.6) is 5.75 Å². The van der Waals surface area contributed by atoms with Crippen LogP contribution in [0.15, 0.2) is 18.2 Å². The van der Waals surface area contributed by atoms with Crippen LogP contribution in [-0.4, -0.2) is 11.7 Å². The monoisotopic (exact) mass is 310 g/mol. The van der Waals surface area contributed by atoms with Crippen molar-refractivity contribution in [2.24, 2.45) is 0 Å². The molecule has 1 aliphatic rings. The molecule has 0 unspecified atom stereocenters. The van der Waals surface area contributed by atoms with Gasteiger partial charge in [-0.2, -0.15) is 0 Å². The number of hydrogen-bond donors (Lipinski definition) is 1. The molecule has 2 rings (SSSR count). The summed E-state index contributed by atoms with van der Waals surface area (Å²) < 4.78 is 5.24. The van der Waals surface area contributed by atoms with E-state index >= 15 is 0 Å². The molecule has 1 aromatic rings. The molecule has 0 bridgehead atoms. The Morgan fingerprint density at radius 2 is 2.00 bits per heavy atom. The number of aromatic hydroxyl groups is 1. The van der Waals surface area contributed by atoms with Crippen LogP contribution >= 0.6 is 34.0 Å². The molecule has 1 aliphatic heterocycles. The summed E-state index contributed by atoms with van der Waals surface area (Å²) in [5.74, 6) is 0.408. The van der Waals surface area contributed by atoms with Gasteiger partial charge in [-0.15, -0.1) is 34.0 Å². The van der Waals surface area contributed by atoms with Gasteiger partial charge >= 0.3 is 0 Å². The molecular formula is C9H12Br2O2. The molecule has 2 nitrogen and oxygen atoms in total. The zero-order valence-corrected chi connectivity index (χ0v) is 10.5. The number of halogens is 2. The second kappa shape index (κ2) is 5.62. The molecule has 0 aromatic heterocycles. The van der Waals surface area contributed by atoms with Gasteiger partial charge in [-0.25, -0.2) is 0 Å². The molecule has 13 heavy (non-hydrogen) atoms. The van der Waals surface area contributed by atoms with E-state index in [0.29, 0.717) is 12.4 Å². The van der Waals surface area contributed by atoms with Gasteiger partial charge in [-0.1, -0.05) is 12.1 Å². The van der Waals surface area contributed by atoms with Crippen LogP contribution in [0.25, 0.3) is 0 Å². The zero-order valence-electron chi connectivity index (χ0n) is 7.03. The summed E-state index contributed by atoms with van der Waals surface area (Å²) in [4.78, 5) is 0. The maximum atomic E-state index is 9.40. The second-order valence-corrected chi connectivity index (χ2v) is 2.72. The van der Waals surface area contributed by atoms with Gasteiger partial charge in [0.2, 0.25) is 0 Å². The van der Waals surface area contributed by atoms with Crippen molar-refractivity contribution >= 4 is 34.0 Å². The summed E-state index contributed by atoms with van der Waals surface area (Å²) in [5.41, 5.74) is 2.18. The average Bonchev–Trinajstić information content (AvgIpc) is 2.06. The van der Waals surface area contributed by atoms with Crippen molar-refractivity contribution in [2.45, 2.75) is 13.0 Å². The van der Waals surface area contributed by atoms with Crippen molar-refractivity contribution in [3.05, 3.63) is 29.3 Å². The van der Waals surface area contributed by atoms with Crippen LogP contribution < -0.4 is 0 Å². The lowest BCUT2D eigenvalue weighted by Gasteiger charge is -2.16. The molecule has 1 heterocycles. The number of fused-ring (bicyclic) bond motifs is 1. The third-order valence-electron chi connectivity index (χ3n) is 2.00. The van der Waals surface area contributed by atoms with Gasteiger partial charge < -0.3 is 9.84 Å². The molecule has 0 spiro atoms. The van der Waals surface area contributed by atoms with Gasteiger partial charge in [0.15, 0.2) is 0 Å². The maximum Gasteiger partial charge on any atom is 0.119 e. The highest BCUT2D eigenvalue weighted by atomic mass is 79.9. The Labute approximate surface area is 98.5 Å². The molecule has 4 heteroatoms. The Balaban J connectivity index is 0.000000720. The topological polar surface area (TPSA) is 29.5 Å². The fourth-order valence-electron chi connectivity index (χ4n) is 1.40. The van der Waals surface area contributed by atoms with Gasteiger partial charge in [-0.05, 0) is 18.1 Å². The molecule has 0 fully saturated rings. The molecule has 1 N–H and O–H groups in total. The summed E-state index contributed by atoms with van der Waals surface area (Å²) >= 11 is 0. The van der Waals surface area contributed by atoms with Crippen molar-refractivity contribution in [3.8, 4) is 5.75 Å². The molecule has 0 saturated carbocycles. The van der Waals surface area contributed by atoms with Gasteiger partial charge in [0.1, 0.15) is 5.75 Å². The lowest BCUT2D eigenvalue weighted by Crippen LogP contribution is -2.09. The number of benzene rings is 1. The first-order valence-corrected chi connectivity index (χ1v) is 3.75. The van der Waals surface area contributed by atoms with Crippen LogP contribution in [0.1, 0.15) is 11.1 Å². The van der Waals surface area contributed by atoms with Crippen LogP contribution in [0.3, 0.4) is 0 Å². The largest absolute Gasteiger partial charge is 0.508 e. The first-order valence-electron chi connectivity index (χ1n) is 3.75. The van der Waals surface area contributed by atoms with Crippen LogP contribution in [0.2, 0.25) is 0 Å². The lowest BCUT2D eigenvalue weighted by molar-refractivity contribution is 0.109. The highest BCUT2D eigenvalue weighted by Crippen LogP contribution is 2.24. The molecule has 0 amide bonds. The molecule has 0 atom stereocenters. The number of phenols is 1. The Morgan fingerprint density at radius 1 is 1.23 bits per heavy atom. The van der Waals surface area contributed by atoms with Crippen LogP contribution in [0, 0.1) is 0 Å². The zero-order chi connectivity index (χ0) is 7.68. The van der Waals surface area contributed by atoms with Crippen molar-refractivity contribution < 1.29 is 9.84 Å². The highest BCUT2D eigenvalue weighted by Gasteiger charge is 2.11. The molecule has 74 valence electrons. The Bertz CT molecular complexity index is 276. The van der Waals surface area contributed by atoms with E-state index in [4.69, 9.17) is 4.74 Å². The molecular weight excluding hydrogens is 300 g/mol. The lowest BCUT2D eigenvalue weighted by atomic mass is 10.0. The number of rotatable bonds is 0. The average molecular weight is 312 g/mol. The number of ether oxygens (including phenoxy) is 1. The Morgan fingerprint density at radius 3 is 2.69 bits per heavy atom. The third kappa shape index (κ3) is 2.69. The Hall–Kier alpha value is -0.0600. The maximum absolute atomic E-state index is 9.40. The van der Waals surface area contributed by atoms with Crippen LogP contribution in [0.4, 0.5) is 0 Å². The van der Waals surface area contributed by atoms with Crippen molar-refractivity contribution in [1.82, 2.24) is 0 Å². The van der Waals surface area contributed by atoms with Crippen molar-refractivity contribution in [1.29, 1.82) is 0 Å². The summed E-state index contributed by atoms with van der Waals surface area (Å²) in [5, 5.41) is 9.40. The van der Waals surface area contributed by atoms with Gasteiger partial charge in [0.25, 0.3) is 0 Å². The quantitative estimate of drug-likeness (QED) is 0.798. The van der Waals surface area contributed by atoms with E-state index in [0.717, 1.165) is 24.2 Å². The third-order valence-corrected chi connectivity index (χ3v) is 2.00. The fraction of sp³-hybridized carbons (Fsp3) is 0.333. The smallest absolute Gasteiger partial charge is 0.119 e. The van der Waals surface area contributed by atoms with E-state index in [1.807, 2.05) is 12.1 Å². The van der Waals surface area contributed by atoms with E-state index in [-0.39, 0.29) is 34.0 Å². The summed E-state index contributed by atoms with van der Waals surface area (Å²) in [6.07, 6.45) is 0.835. The normalized spacial score (nSPS) is 13.5. The van der Waals surface area contributed by atoms with E-state index < -0.39 is 0 Å². The summed E-state index contributed by atoms with van der Waals surface area (Å²) in [7, 11) is 0. The molecule has 0 saturated heterocycles. The predicted octanol–water partition coefficient (Wildman–Crippen LogP) is 2.62. The molecule has 1 aromatic carbocycles. The second-order valence-electron chi connectivity index (χ2n) is 2.72. The molecule has 0 aliphatic carbocycles. The standard InChI is InChI=1S/C9H10O2.2BrH/c10-9-3-1-2-7-6-11-5-4-8(7)9;;/h1-3,10H,4-6H2;2*1H.